The Hall–Kier alpha value is 0.130. The van der Waals surface area contributed by atoms with Crippen LogP contribution < -0.4 is 21.3 Å². The molecule has 0 aliphatic heterocycles. The predicted octanol–water partition coefficient (Wildman–Crippen LogP) is 0.977. The fourth-order valence-electron chi connectivity index (χ4n) is 1.62. The standard InChI is InChI=1S/C13H32N4.ClH/c1-3-14-8-5-10-16-12-7-13-17-11-6-9-15-4-2;/h14-17H,3-13H2,1-2H3;1H. The minimum Gasteiger partial charge on any atom is -0.317 e. The molecule has 0 atom stereocenters. The maximum atomic E-state index is 3.46. The topological polar surface area (TPSA) is 48.1 Å². The summed E-state index contributed by atoms with van der Waals surface area (Å²) in [6.45, 7) is 13.2. The molecular formula is C13H33ClN4. The summed E-state index contributed by atoms with van der Waals surface area (Å²) in [6, 6.07) is 0. The van der Waals surface area contributed by atoms with E-state index in [-0.39, 0.29) is 12.4 Å². The molecule has 18 heavy (non-hydrogen) atoms. The maximum Gasteiger partial charge on any atom is -0.00368 e. The van der Waals surface area contributed by atoms with E-state index in [4.69, 9.17) is 0 Å². The first-order valence-electron chi connectivity index (χ1n) is 7.24. The van der Waals surface area contributed by atoms with Gasteiger partial charge in [-0.05, 0) is 71.6 Å². The number of hydrogen-bond acceptors (Lipinski definition) is 4. The molecule has 0 spiro atoms. The summed E-state index contributed by atoms with van der Waals surface area (Å²) in [7, 11) is 0. The van der Waals surface area contributed by atoms with Crippen molar-refractivity contribution >= 4 is 12.4 Å². The van der Waals surface area contributed by atoms with Gasteiger partial charge in [0.15, 0.2) is 0 Å². The second-order valence-electron chi connectivity index (χ2n) is 4.27. The highest BCUT2D eigenvalue weighted by atomic mass is 35.5. The second-order valence-corrected chi connectivity index (χ2v) is 4.27. The van der Waals surface area contributed by atoms with Gasteiger partial charge in [-0.1, -0.05) is 13.8 Å². The van der Waals surface area contributed by atoms with Crippen LogP contribution in [0.15, 0.2) is 0 Å². The zero-order valence-corrected chi connectivity index (χ0v) is 13.0. The lowest BCUT2D eigenvalue weighted by atomic mass is 10.3. The predicted molar refractivity (Wildman–Crippen MR) is 83.9 cm³/mol. The molecule has 0 heterocycles. The van der Waals surface area contributed by atoms with Gasteiger partial charge in [-0.2, -0.15) is 0 Å². The van der Waals surface area contributed by atoms with Crippen LogP contribution in [0.3, 0.4) is 0 Å². The van der Waals surface area contributed by atoms with Crippen molar-refractivity contribution < 1.29 is 0 Å². The van der Waals surface area contributed by atoms with Gasteiger partial charge in [0.2, 0.25) is 0 Å². The molecule has 0 amide bonds. The van der Waals surface area contributed by atoms with Crippen LogP contribution in [0.5, 0.6) is 0 Å². The Bertz CT molecular complexity index is 122. The smallest absolute Gasteiger partial charge is 0.00368 e. The first-order valence-corrected chi connectivity index (χ1v) is 7.24. The van der Waals surface area contributed by atoms with Crippen LogP contribution in [0.1, 0.15) is 33.1 Å². The van der Waals surface area contributed by atoms with Gasteiger partial charge in [-0.25, -0.2) is 0 Å². The molecule has 0 radical (unpaired) electrons. The quantitative estimate of drug-likeness (QED) is 0.358. The maximum absolute atomic E-state index is 3.46. The molecule has 0 aromatic heterocycles. The largest absolute Gasteiger partial charge is 0.317 e. The van der Waals surface area contributed by atoms with Crippen molar-refractivity contribution in [3.8, 4) is 0 Å². The van der Waals surface area contributed by atoms with E-state index in [9.17, 15) is 0 Å². The summed E-state index contributed by atoms with van der Waals surface area (Å²) < 4.78 is 0. The third kappa shape index (κ3) is 18.5. The average molecular weight is 281 g/mol. The zero-order chi connectivity index (χ0) is 12.6. The van der Waals surface area contributed by atoms with Crippen LogP contribution in [0.4, 0.5) is 0 Å². The molecular weight excluding hydrogens is 248 g/mol. The van der Waals surface area contributed by atoms with Gasteiger partial charge < -0.3 is 21.3 Å². The summed E-state index contributed by atoms with van der Waals surface area (Å²) in [5, 5.41) is 13.6. The van der Waals surface area contributed by atoms with E-state index in [1.807, 2.05) is 0 Å². The normalized spacial score (nSPS) is 10.3. The molecule has 4 nitrogen and oxygen atoms in total. The minimum atomic E-state index is 0. The first kappa shape index (κ1) is 20.4. The van der Waals surface area contributed by atoms with Gasteiger partial charge in [0, 0.05) is 0 Å². The zero-order valence-electron chi connectivity index (χ0n) is 12.2. The molecule has 5 heteroatoms. The number of nitrogens with one attached hydrogen (secondary N) is 4. The highest BCUT2D eigenvalue weighted by Crippen LogP contribution is 1.78. The second kappa shape index (κ2) is 19.5. The van der Waals surface area contributed by atoms with Gasteiger partial charge >= 0.3 is 0 Å². The SMILES string of the molecule is CCNCCCNCCCNCCCNCC.Cl. The third-order valence-corrected chi connectivity index (χ3v) is 2.62. The van der Waals surface area contributed by atoms with Crippen molar-refractivity contribution in [1.82, 2.24) is 21.3 Å². The van der Waals surface area contributed by atoms with Crippen molar-refractivity contribution in [1.29, 1.82) is 0 Å². The summed E-state index contributed by atoms with van der Waals surface area (Å²) >= 11 is 0. The Labute approximate surface area is 119 Å². The van der Waals surface area contributed by atoms with Crippen molar-refractivity contribution in [2.24, 2.45) is 0 Å². The van der Waals surface area contributed by atoms with Crippen molar-refractivity contribution in [3.63, 3.8) is 0 Å². The average Bonchev–Trinajstić information content (AvgIpc) is 2.35. The molecule has 0 fully saturated rings. The van der Waals surface area contributed by atoms with E-state index in [0.29, 0.717) is 0 Å². The van der Waals surface area contributed by atoms with E-state index < -0.39 is 0 Å². The van der Waals surface area contributed by atoms with Crippen LogP contribution in [0.25, 0.3) is 0 Å². The molecule has 112 valence electrons. The summed E-state index contributed by atoms with van der Waals surface area (Å²) in [4.78, 5) is 0. The van der Waals surface area contributed by atoms with Crippen molar-refractivity contribution in [2.45, 2.75) is 33.1 Å². The van der Waals surface area contributed by atoms with E-state index >= 15 is 0 Å². The van der Waals surface area contributed by atoms with Crippen LogP contribution >= 0.6 is 12.4 Å². The monoisotopic (exact) mass is 280 g/mol. The molecule has 0 saturated carbocycles. The molecule has 0 aromatic carbocycles. The van der Waals surface area contributed by atoms with Crippen LogP contribution in [0.2, 0.25) is 0 Å². The summed E-state index contributed by atoms with van der Waals surface area (Å²) in [5.74, 6) is 0. The van der Waals surface area contributed by atoms with Gasteiger partial charge in [0.1, 0.15) is 0 Å². The summed E-state index contributed by atoms with van der Waals surface area (Å²) in [5.41, 5.74) is 0. The minimum absolute atomic E-state index is 0. The van der Waals surface area contributed by atoms with Crippen LogP contribution in [-0.4, -0.2) is 52.4 Å². The Morgan fingerprint density at radius 1 is 0.500 bits per heavy atom. The van der Waals surface area contributed by atoms with Crippen molar-refractivity contribution in [3.05, 3.63) is 0 Å². The third-order valence-electron chi connectivity index (χ3n) is 2.62. The lowest BCUT2D eigenvalue weighted by Crippen LogP contribution is -2.26. The lowest BCUT2D eigenvalue weighted by Gasteiger charge is -2.07. The van der Waals surface area contributed by atoms with Crippen LogP contribution in [0, 0.1) is 0 Å². The Kier molecular flexibility index (Phi) is 22.1. The van der Waals surface area contributed by atoms with Gasteiger partial charge in [0.05, 0.1) is 0 Å². The number of rotatable bonds is 14. The van der Waals surface area contributed by atoms with E-state index in [1.165, 1.54) is 19.3 Å². The Morgan fingerprint density at radius 3 is 1.06 bits per heavy atom. The van der Waals surface area contributed by atoms with E-state index in [2.05, 4.69) is 35.1 Å². The molecule has 0 aromatic rings. The number of hydrogen-bond donors (Lipinski definition) is 4. The molecule has 4 N–H and O–H groups in total. The lowest BCUT2D eigenvalue weighted by molar-refractivity contribution is 0.557. The van der Waals surface area contributed by atoms with Crippen molar-refractivity contribution in [2.75, 3.05) is 52.4 Å². The highest BCUT2D eigenvalue weighted by Gasteiger charge is 1.90. The van der Waals surface area contributed by atoms with Gasteiger partial charge in [-0.3, -0.25) is 0 Å². The molecule has 0 saturated heterocycles. The summed E-state index contributed by atoms with van der Waals surface area (Å²) in [6.07, 6.45) is 3.68. The first-order chi connectivity index (χ1) is 8.41. The molecule has 0 aliphatic rings. The van der Waals surface area contributed by atoms with Crippen LogP contribution in [-0.2, 0) is 0 Å². The molecule has 0 aliphatic carbocycles. The van der Waals surface area contributed by atoms with Gasteiger partial charge in [0.25, 0.3) is 0 Å². The number of halogens is 1. The molecule has 0 unspecified atom stereocenters. The highest BCUT2D eigenvalue weighted by molar-refractivity contribution is 5.85. The van der Waals surface area contributed by atoms with Gasteiger partial charge in [-0.15, -0.1) is 12.4 Å². The van der Waals surface area contributed by atoms with E-state index in [1.54, 1.807) is 0 Å². The fraction of sp³-hybridized carbons (Fsp3) is 1.00. The molecule has 0 bridgehead atoms. The fourth-order valence-corrected chi connectivity index (χ4v) is 1.62. The van der Waals surface area contributed by atoms with E-state index in [0.717, 1.165) is 52.4 Å². The Balaban J connectivity index is 0. The Morgan fingerprint density at radius 2 is 0.778 bits per heavy atom. The molecule has 0 rings (SSSR count).